The van der Waals surface area contributed by atoms with E-state index in [9.17, 15) is 0 Å². The highest BCUT2D eigenvalue weighted by atomic mass is 15.4. The molecule has 102 valence electrons. The van der Waals surface area contributed by atoms with E-state index >= 15 is 0 Å². The van der Waals surface area contributed by atoms with Crippen LogP contribution in [0.25, 0.3) is 0 Å². The van der Waals surface area contributed by atoms with Crippen LogP contribution in [0.4, 0.5) is 0 Å². The fourth-order valence-electron chi connectivity index (χ4n) is 2.66. The Balaban J connectivity index is 1.97. The second-order valence-electron chi connectivity index (χ2n) is 6.19. The van der Waals surface area contributed by atoms with Crippen LogP contribution in [0.15, 0.2) is 0 Å². The van der Waals surface area contributed by atoms with E-state index in [4.69, 9.17) is 0 Å². The van der Waals surface area contributed by atoms with Crippen molar-refractivity contribution in [3.8, 4) is 0 Å². The Labute approximate surface area is 110 Å². The zero-order chi connectivity index (χ0) is 13.0. The first-order valence-electron chi connectivity index (χ1n) is 7.24. The van der Waals surface area contributed by atoms with Crippen molar-refractivity contribution in [2.45, 2.75) is 66.0 Å². The van der Waals surface area contributed by atoms with Gasteiger partial charge >= 0.3 is 0 Å². The van der Waals surface area contributed by atoms with Gasteiger partial charge in [0.15, 0.2) is 0 Å². The van der Waals surface area contributed by atoms with Gasteiger partial charge in [-0.1, -0.05) is 45.2 Å². The van der Waals surface area contributed by atoms with E-state index in [0.717, 1.165) is 31.7 Å². The molecule has 0 aliphatic carbocycles. The molecule has 1 aliphatic rings. The second kappa shape index (κ2) is 5.83. The van der Waals surface area contributed by atoms with Crippen LogP contribution >= 0.6 is 0 Å². The fourth-order valence-corrected chi connectivity index (χ4v) is 2.66. The van der Waals surface area contributed by atoms with Gasteiger partial charge in [-0.2, -0.15) is 0 Å². The predicted molar refractivity (Wildman–Crippen MR) is 73.4 cm³/mol. The summed E-state index contributed by atoms with van der Waals surface area (Å²) in [5, 5.41) is 12.0. The summed E-state index contributed by atoms with van der Waals surface area (Å²) in [7, 11) is 0. The number of hydrogen-bond donors (Lipinski definition) is 1. The molecule has 1 aromatic rings. The lowest BCUT2D eigenvalue weighted by Crippen LogP contribution is -2.27. The molecule has 0 atom stereocenters. The van der Waals surface area contributed by atoms with Crippen molar-refractivity contribution in [2.24, 2.45) is 5.41 Å². The molecule has 0 fully saturated rings. The van der Waals surface area contributed by atoms with Crippen LogP contribution in [0.1, 0.15) is 57.8 Å². The van der Waals surface area contributed by atoms with E-state index in [1.54, 1.807) is 0 Å². The monoisotopic (exact) mass is 250 g/mol. The van der Waals surface area contributed by atoms with Crippen molar-refractivity contribution in [3.63, 3.8) is 0 Å². The average molecular weight is 250 g/mol. The summed E-state index contributed by atoms with van der Waals surface area (Å²) in [5.41, 5.74) is 2.81. The lowest BCUT2D eigenvalue weighted by atomic mass is 9.87. The van der Waals surface area contributed by atoms with E-state index < -0.39 is 0 Å². The summed E-state index contributed by atoms with van der Waals surface area (Å²) in [5.74, 6) is 0. The number of aromatic nitrogens is 3. The van der Waals surface area contributed by atoms with Crippen molar-refractivity contribution in [1.82, 2.24) is 20.3 Å². The Morgan fingerprint density at radius 1 is 1.33 bits per heavy atom. The second-order valence-corrected chi connectivity index (χ2v) is 6.19. The third kappa shape index (κ3) is 3.31. The number of fused-ring (bicyclic) bond motifs is 1. The first-order valence-corrected chi connectivity index (χ1v) is 7.24. The largest absolute Gasteiger partial charge is 0.311 e. The van der Waals surface area contributed by atoms with Gasteiger partial charge in [0.25, 0.3) is 0 Å². The fraction of sp³-hybridized carbons (Fsp3) is 0.857. The molecule has 18 heavy (non-hydrogen) atoms. The summed E-state index contributed by atoms with van der Waals surface area (Å²) >= 11 is 0. The maximum atomic E-state index is 4.34. The number of unbranched alkanes of at least 4 members (excludes halogenated alkanes) is 2. The van der Waals surface area contributed by atoms with Gasteiger partial charge in [0.2, 0.25) is 0 Å². The third-order valence-electron chi connectivity index (χ3n) is 3.78. The lowest BCUT2D eigenvalue weighted by Gasteiger charge is -2.25. The van der Waals surface area contributed by atoms with Gasteiger partial charge < -0.3 is 5.32 Å². The number of hydrogen-bond acceptors (Lipinski definition) is 3. The molecule has 0 radical (unpaired) electrons. The minimum Gasteiger partial charge on any atom is -0.311 e. The molecule has 1 N–H and O–H groups in total. The zero-order valence-corrected chi connectivity index (χ0v) is 12.0. The number of rotatable bonds is 6. The maximum Gasteiger partial charge on any atom is 0.0997 e. The minimum atomic E-state index is 0.321. The van der Waals surface area contributed by atoms with Gasteiger partial charge in [-0.05, 0) is 11.8 Å². The summed E-state index contributed by atoms with van der Waals surface area (Å²) in [4.78, 5) is 0. The Bertz CT molecular complexity index is 381. The van der Waals surface area contributed by atoms with Crippen LogP contribution in [0, 0.1) is 5.41 Å². The van der Waals surface area contributed by atoms with Gasteiger partial charge in [-0.15, -0.1) is 5.10 Å². The zero-order valence-electron chi connectivity index (χ0n) is 12.0. The van der Waals surface area contributed by atoms with Crippen molar-refractivity contribution >= 4 is 0 Å². The van der Waals surface area contributed by atoms with Gasteiger partial charge in [0.1, 0.15) is 0 Å². The van der Waals surface area contributed by atoms with E-state index in [-0.39, 0.29) is 0 Å². The normalized spacial score (nSPS) is 15.7. The van der Waals surface area contributed by atoms with Gasteiger partial charge in [-0.25, -0.2) is 4.68 Å². The number of nitrogens with one attached hydrogen (secondary N) is 1. The quantitative estimate of drug-likeness (QED) is 0.789. The average Bonchev–Trinajstić information content (AvgIpc) is 2.72. The molecule has 4 nitrogen and oxygen atoms in total. The van der Waals surface area contributed by atoms with Crippen LogP contribution in [0.5, 0.6) is 0 Å². The molecular formula is C14H26N4. The Hall–Kier alpha value is -0.900. The highest BCUT2D eigenvalue weighted by molar-refractivity contribution is 5.13. The van der Waals surface area contributed by atoms with Crippen molar-refractivity contribution in [3.05, 3.63) is 11.4 Å². The molecule has 1 aliphatic heterocycles. The molecule has 0 spiro atoms. The molecule has 2 heterocycles. The third-order valence-corrected chi connectivity index (χ3v) is 3.78. The first kappa shape index (κ1) is 13.5. The molecule has 1 aromatic heterocycles. The van der Waals surface area contributed by atoms with Crippen LogP contribution in [0.3, 0.4) is 0 Å². The summed E-state index contributed by atoms with van der Waals surface area (Å²) < 4.78 is 2.14. The minimum absolute atomic E-state index is 0.321. The first-order chi connectivity index (χ1) is 8.62. The Morgan fingerprint density at radius 2 is 2.17 bits per heavy atom. The molecule has 0 bridgehead atoms. The SMILES string of the molecule is CCCCCC(C)(C)Cn1nnc2c1CCNC2. The Kier molecular flexibility index (Phi) is 4.38. The molecular weight excluding hydrogens is 224 g/mol. The van der Waals surface area contributed by atoms with E-state index in [1.165, 1.54) is 31.4 Å². The molecule has 0 saturated carbocycles. The van der Waals surface area contributed by atoms with Gasteiger partial charge in [-0.3, -0.25) is 0 Å². The van der Waals surface area contributed by atoms with Crippen LogP contribution in [-0.4, -0.2) is 21.5 Å². The summed E-state index contributed by atoms with van der Waals surface area (Å²) in [6.45, 7) is 9.88. The van der Waals surface area contributed by atoms with Crippen LogP contribution < -0.4 is 5.32 Å². The lowest BCUT2D eigenvalue weighted by molar-refractivity contribution is 0.253. The predicted octanol–water partition coefficient (Wildman–Crippen LogP) is 2.53. The van der Waals surface area contributed by atoms with Crippen molar-refractivity contribution in [1.29, 1.82) is 0 Å². The molecule has 4 heteroatoms. The topological polar surface area (TPSA) is 42.7 Å². The molecule has 0 aromatic carbocycles. The van der Waals surface area contributed by atoms with E-state index in [2.05, 4.69) is 41.1 Å². The molecule has 2 rings (SSSR count). The van der Waals surface area contributed by atoms with Crippen LogP contribution in [0.2, 0.25) is 0 Å². The maximum absolute atomic E-state index is 4.34. The Morgan fingerprint density at radius 3 is 2.94 bits per heavy atom. The van der Waals surface area contributed by atoms with Gasteiger partial charge in [0.05, 0.1) is 11.4 Å². The van der Waals surface area contributed by atoms with E-state index in [1.807, 2.05) is 0 Å². The van der Waals surface area contributed by atoms with Crippen molar-refractivity contribution in [2.75, 3.05) is 6.54 Å². The highest BCUT2D eigenvalue weighted by Gasteiger charge is 2.23. The van der Waals surface area contributed by atoms with Crippen LogP contribution in [-0.2, 0) is 19.5 Å². The molecule has 0 unspecified atom stereocenters. The highest BCUT2D eigenvalue weighted by Crippen LogP contribution is 2.27. The standard InChI is InChI=1S/C14H26N4/c1-4-5-6-8-14(2,3)11-18-13-7-9-15-10-12(13)16-17-18/h15H,4-11H2,1-3H3. The van der Waals surface area contributed by atoms with Gasteiger partial charge in [0, 0.05) is 26.1 Å². The summed E-state index contributed by atoms with van der Waals surface area (Å²) in [6.07, 6.45) is 6.28. The molecule has 0 saturated heterocycles. The van der Waals surface area contributed by atoms with Crippen molar-refractivity contribution < 1.29 is 0 Å². The molecule has 0 amide bonds. The number of nitrogens with zero attached hydrogens (tertiary/aromatic N) is 3. The smallest absolute Gasteiger partial charge is 0.0997 e. The van der Waals surface area contributed by atoms with E-state index in [0.29, 0.717) is 5.41 Å². The summed E-state index contributed by atoms with van der Waals surface area (Å²) in [6, 6.07) is 0.